The highest BCUT2D eigenvalue weighted by molar-refractivity contribution is 5.94. The van der Waals surface area contributed by atoms with Crippen molar-refractivity contribution >= 4 is 11.7 Å². The van der Waals surface area contributed by atoms with Gasteiger partial charge in [0.05, 0.1) is 11.9 Å². The number of rotatable bonds is 2. The number of para-hydroxylation sites is 1. The quantitative estimate of drug-likeness (QED) is 0.783. The van der Waals surface area contributed by atoms with Crippen LogP contribution in [-0.4, -0.2) is 22.5 Å². The van der Waals surface area contributed by atoms with Crippen LogP contribution in [0, 0.1) is 0 Å². The Kier molecular flexibility index (Phi) is 3.03. The highest BCUT2D eigenvalue weighted by Crippen LogP contribution is 2.41. The van der Waals surface area contributed by atoms with Crippen molar-refractivity contribution < 1.29 is 14.3 Å². The minimum Gasteiger partial charge on any atom is -0.454 e. The molecule has 5 rings (SSSR count). The summed E-state index contributed by atoms with van der Waals surface area (Å²) >= 11 is 0. The average molecular weight is 333 g/mol. The van der Waals surface area contributed by atoms with E-state index in [0.717, 1.165) is 34.1 Å². The number of nitrogens with one attached hydrogen (secondary N) is 1. The van der Waals surface area contributed by atoms with Crippen molar-refractivity contribution in [2.45, 2.75) is 12.3 Å². The molecule has 0 aliphatic carbocycles. The van der Waals surface area contributed by atoms with E-state index in [4.69, 9.17) is 9.47 Å². The van der Waals surface area contributed by atoms with E-state index >= 15 is 0 Å². The summed E-state index contributed by atoms with van der Waals surface area (Å²) in [6.45, 7) is 0.237. The lowest BCUT2D eigenvalue weighted by Gasteiger charge is -2.24. The van der Waals surface area contributed by atoms with E-state index in [2.05, 4.69) is 10.4 Å². The molecule has 0 spiro atoms. The van der Waals surface area contributed by atoms with Crippen molar-refractivity contribution in [1.82, 2.24) is 9.78 Å². The zero-order valence-electron chi connectivity index (χ0n) is 13.3. The topological polar surface area (TPSA) is 65.4 Å². The van der Waals surface area contributed by atoms with Crippen LogP contribution in [0.1, 0.15) is 23.5 Å². The first-order chi connectivity index (χ1) is 12.3. The summed E-state index contributed by atoms with van der Waals surface area (Å²) in [6, 6.07) is 15.6. The Hall–Kier alpha value is -3.28. The maximum absolute atomic E-state index is 12.3. The molecule has 0 fully saturated rings. The van der Waals surface area contributed by atoms with Crippen LogP contribution in [-0.2, 0) is 4.79 Å². The third-order valence-electron chi connectivity index (χ3n) is 4.62. The zero-order valence-corrected chi connectivity index (χ0v) is 13.3. The number of amides is 1. The van der Waals surface area contributed by atoms with Gasteiger partial charge >= 0.3 is 0 Å². The molecule has 1 amide bonds. The number of anilines is 1. The first-order valence-electron chi connectivity index (χ1n) is 8.12. The summed E-state index contributed by atoms with van der Waals surface area (Å²) in [6.07, 6.45) is 2.21. The van der Waals surface area contributed by atoms with Crippen molar-refractivity contribution in [2.75, 3.05) is 12.1 Å². The third-order valence-corrected chi connectivity index (χ3v) is 4.62. The molecule has 0 bridgehead atoms. The lowest BCUT2D eigenvalue weighted by molar-refractivity contribution is -0.116. The molecular formula is C19H15N3O3. The van der Waals surface area contributed by atoms with Gasteiger partial charge in [0.25, 0.3) is 0 Å². The molecule has 6 heteroatoms. The van der Waals surface area contributed by atoms with Crippen LogP contribution in [0.2, 0.25) is 0 Å². The van der Waals surface area contributed by atoms with Crippen LogP contribution in [0.3, 0.4) is 0 Å². The molecule has 1 atom stereocenters. The number of hydrogen-bond acceptors (Lipinski definition) is 4. The number of carbonyl (C=O) groups is 1. The molecule has 1 N–H and O–H groups in total. The minimum absolute atomic E-state index is 0.0205. The molecule has 3 heterocycles. The Bertz CT molecular complexity index is 965. The van der Waals surface area contributed by atoms with Gasteiger partial charge in [-0.05, 0) is 29.8 Å². The smallest absolute Gasteiger partial charge is 0.231 e. The number of carbonyl (C=O) groups excluding carboxylic acids is 1. The van der Waals surface area contributed by atoms with Crippen molar-refractivity contribution in [3.05, 3.63) is 65.9 Å². The number of nitrogens with zero attached hydrogens (tertiary/aromatic N) is 2. The number of benzene rings is 2. The fourth-order valence-electron chi connectivity index (χ4n) is 3.41. The fourth-order valence-corrected chi connectivity index (χ4v) is 3.41. The Morgan fingerprint density at radius 2 is 1.92 bits per heavy atom. The standard InChI is InChI=1S/C19H15N3O3/c23-18-9-14(12-6-7-16-17(8-12)25-11-24-16)15-10-20-22(19(15)21-18)13-4-2-1-3-5-13/h1-8,10,14H,9,11H2,(H,21,23). The second-order valence-electron chi connectivity index (χ2n) is 6.11. The molecule has 2 aromatic carbocycles. The maximum atomic E-state index is 12.3. The first kappa shape index (κ1) is 14.1. The van der Waals surface area contributed by atoms with Crippen LogP contribution in [0.5, 0.6) is 11.5 Å². The van der Waals surface area contributed by atoms with E-state index in [-0.39, 0.29) is 18.6 Å². The highest BCUT2D eigenvalue weighted by Gasteiger charge is 2.31. The minimum atomic E-state index is -0.0595. The monoisotopic (exact) mass is 333 g/mol. The van der Waals surface area contributed by atoms with E-state index in [9.17, 15) is 4.79 Å². The molecule has 2 aliphatic rings. The predicted octanol–water partition coefficient (Wildman–Crippen LogP) is 3.08. The summed E-state index contributed by atoms with van der Waals surface area (Å²) in [7, 11) is 0. The van der Waals surface area contributed by atoms with Gasteiger partial charge in [0.1, 0.15) is 5.82 Å². The van der Waals surface area contributed by atoms with Crippen LogP contribution < -0.4 is 14.8 Å². The zero-order chi connectivity index (χ0) is 16.8. The predicted molar refractivity (Wildman–Crippen MR) is 91.2 cm³/mol. The summed E-state index contributed by atoms with van der Waals surface area (Å²) in [4.78, 5) is 12.3. The largest absolute Gasteiger partial charge is 0.454 e. The first-order valence-corrected chi connectivity index (χ1v) is 8.12. The van der Waals surface area contributed by atoms with E-state index in [0.29, 0.717) is 6.42 Å². The molecule has 0 saturated carbocycles. The van der Waals surface area contributed by atoms with Gasteiger partial charge in [-0.3, -0.25) is 4.79 Å². The molecule has 1 aromatic heterocycles. The Morgan fingerprint density at radius 1 is 1.08 bits per heavy atom. The van der Waals surface area contributed by atoms with Gasteiger partial charge < -0.3 is 14.8 Å². The van der Waals surface area contributed by atoms with E-state index in [1.54, 1.807) is 4.68 Å². The van der Waals surface area contributed by atoms with Gasteiger partial charge in [-0.2, -0.15) is 5.10 Å². The Balaban J connectivity index is 1.60. The molecule has 3 aromatic rings. The molecular weight excluding hydrogens is 318 g/mol. The van der Waals surface area contributed by atoms with E-state index in [1.165, 1.54) is 0 Å². The number of hydrogen-bond donors (Lipinski definition) is 1. The summed E-state index contributed by atoms with van der Waals surface area (Å²) < 4.78 is 12.6. The highest BCUT2D eigenvalue weighted by atomic mass is 16.7. The SMILES string of the molecule is O=C1CC(c2ccc3c(c2)OCO3)c2cnn(-c3ccccc3)c2N1. The summed E-state index contributed by atoms with van der Waals surface area (Å²) in [5.74, 6) is 2.11. The maximum Gasteiger partial charge on any atom is 0.231 e. The van der Waals surface area contributed by atoms with Gasteiger partial charge in [0.2, 0.25) is 12.7 Å². The molecule has 2 aliphatic heterocycles. The number of fused-ring (bicyclic) bond motifs is 2. The molecule has 6 nitrogen and oxygen atoms in total. The van der Waals surface area contributed by atoms with Crippen molar-refractivity contribution in [1.29, 1.82) is 0 Å². The third kappa shape index (κ3) is 2.26. The lowest BCUT2D eigenvalue weighted by Crippen LogP contribution is -2.24. The number of aromatic nitrogens is 2. The molecule has 0 radical (unpaired) electrons. The van der Waals surface area contributed by atoms with E-state index in [1.807, 2.05) is 54.7 Å². The lowest BCUT2D eigenvalue weighted by atomic mass is 9.87. The van der Waals surface area contributed by atoms with Gasteiger partial charge in [-0.1, -0.05) is 24.3 Å². The second-order valence-corrected chi connectivity index (χ2v) is 6.11. The molecule has 124 valence electrons. The molecule has 0 saturated heterocycles. The summed E-state index contributed by atoms with van der Waals surface area (Å²) in [5, 5.41) is 7.46. The molecule has 1 unspecified atom stereocenters. The van der Waals surface area contributed by atoms with Crippen molar-refractivity contribution in [2.24, 2.45) is 0 Å². The van der Waals surface area contributed by atoms with Gasteiger partial charge in [0, 0.05) is 17.9 Å². The second kappa shape index (κ2) is 5.37. The van der Waals surface area contributed by atoms with Gasteiger partial charge in [-0.15, -0.1) is 0 Å². The molecule has 25 heavy (non-hydrogen) atoms. The number of ether oxygens (including phenoxy) is 2. The van der Waals surface area contributed by atoms with Gasteiger partial charge in [-0.25, -0.2) is 4.68 Å². The van der Waals surface area contributed by atoms with Crippen molar-refractivity contribution in [3.63, 3.8) is 0 Å². The van der Waals surface area contributed by atoms with Gasteiger partial charge in [0.15, 0.2) is 11.5 Å². The van der Waals surface area contributed by atoms with Crippen LogP contribution in [0.25, 0.3) is 5.69 Å². The normalized spacial score (nSPS) is 17.9. The van der Waals surface area contributed by atoms with Crippen molar-refractivity contribution in [3.8, 4) is 17.2 Å². The average Bonchev–Trinajstić information content (AvgIpc) is 3.27. The van der Waals surface area contributed by atoms with Crippen LogP contribution in [0.15, 0.2) is 54.7 Å². The summed E-state index contributed by atoms with van der Waals surface area (Å²) in [5.41, 5.74) is 2.94. The van der Waals surface area contributed by atoms with Crippen LogP contribution >= 0.6 is 0 Å². The Morgan fingerprint density at radius 3 is 2.80 bits per heavy atom. The fraction of sp³-hybridized carbons (Fsp3) is 0.158. The van der Waals surface area contributed by atoms with E-state index < -0.39 is 0 Å². The Labute approximate surface area is 144 Å². The van der Waals surface area contributed by atoms with Crippen LogP contribution in [0.4, 0.5) is 5.82 Å².